The predicted molar refractivity (Wildman–Crippen MR) is 146 cm³/mol. The second kappa shape index (κ2) is 9.31. The maximum absolute atomic E-state index is 14.3. The Morgan fingerprint density at radius 3 is 2.32 bits per heavy atom. The number of thioether (sulfide) groups is 1. The van der Waals surface area contributed by atoms with Crippen LogP contribution in [0.2, 0.25) is 0 Å². The van der Waals surface area contributed by atoms with E-state index in [0.717, 1.165) is 5.69 Å². The monoisotopic (exact) mass is 523 g/mol. The molecule has 2 saturated heterocycles. The van der Waals surface area contributed by atoms with Crippen LogP contribution < -0.4 is 4.90 Å². The highest BCUT2D eigenvalue weighted by Crippen LogP contribution is 2.65. The van der Waals surface area contributed by atoms with E-state index in [4.69, 9.17) is 0 Å². The molecule has 1 aromatic rings. The van der Waals surface area contributed by atoms with Crippen LogP contribution in [0.4, 0.5) is 5.69 Å². The van der Waals surface area contributed by atoms with Gasteiger partial charge in [-0.2, -0.15) is 0 Å². The van der Waals surface area contributed by atoms with Crippen molar-refractivity contribution in [2.45, 2.75) is 61.6 Å². The second-order valence-electron chi connectivity index (χ2n) is 11.7. The largest absolute Gasteiger partial charge is 0.396 e. The molecule has 0 radical (unpaired) electrons. The zero-order valence-electron chi connectivity index (χ0n) is 22.1. The molecule has 8 heteroatoms. The number of carbonyl (C=O) groups excluding carboxylic acids is 3. The molecule has 1 N–H and O–H groups in total. The molecule has 4 aliphatic rings. The number of likely N-dealkylation sites (tertiary alicyclic amines) is 1. The van der Waals surface area contributed by atoms with Crippen molar-refractivity contribution < 1.29 is 19.5 Å². The zero-order valence-corrected chi connectivity index (χ0v) is 22.9. The Morgan fingerprint density at radius 2 is 1.65 bits per heavy atom. The lowest BCUT2D eigenvalue weighted by atomic mass is 9.74. The van der Waals surface area contributed by atoms with E-state index < -0.39 is 32.9 Å². The molecule has 4 heterocycles. The van der Waals surface area contributed by atoms with E-state index in [9.17, 15) is 19.5 Å². The Hall–Kier alpha value is -2.58. The minimum absolute atomic E-state index is 0.0357. The Balaban J connectivity index is 1.63. The fourth-order valence-corrected chi connectivity index (χ4v) is 8.76. The minimum atomic E-state index is -0.841. The summed E-state index contributed by atoms with van der Waals surface area (Å²) in [7, 11) is 0. The molecule has 0 aromatic heterocycles. The first kappa shape index (κ1) is 26.0. The van der Waals surface area contributed by atoms with Gasteiger partial charge in [-0.05, 0) is 52.7 Å². The summed E-state index contributed by atoms with van der Waals surface area (Å²) in [4.78, 5) is 48.2. The van der Waals surface area contributed by atoms with Crippen molar-refractivity contribution in [3.63, 3.8) is 0 Å². The van der Waals surface area contributed by atoms with Crippen molar-refractivity contribution in [3.05, 3.63) is 54.6 Å². The lowest BCUT2D eigenvalue weighted by molar-refractivity contribution is -0.145. The third kappa shape index (κ3) is 4.04. The number of rotatable bonds is 5. The van der Waals surface area contributed by atoms with Gasteiger partial charge in [0.2, 0.25) is 17.7 Å². The molecule has 0 aliphatic carbocycles. The van der Waals surface area contributed by atoms with Crippen LogP contribution in [0.3, 0.4) is 0 Å². The Bertz CT molecular complexity index is 1150. The van der Waals surface area contributed by atoms with E-state index >= 15 is 0 Å². The quantitative estimate of drug-likeness (QED) is 0.473. The van der Waals surface area contributed by atoms with Crippen LogP contribution in [0.5, 0.6) is 0 Å². The fourth-order valence-electron chi connectivity index (χ4n) is 6.60. The van der Waals surface area contributed by atoms with Crippen LogP contribution in [0.15, 0.2) is 54.6 Å². The van der Waals surface area contributed by atoms with E-state index in [2.05, 4.69) is 12.2 Å². The molecule has 198 valence electrons. The summed E-state index contributed by atoms with van der Waals surface area (Å²) in [5.74, 6) is -1.53. The molecule has 1 spiro atoms. The van der Waals surface area contributed by atoms with Gasteiger partial charge in [-0.3, -0.25) is 14.4 Å². The molecule has 37 heavy (non-hydrogen) atoms. The number of para-hydroxylation sites is 1. The number of aliphatic hydroxyl groups excluding tert-OH is 1. The summed E-state index contributed by atoms with van der Waals surface area (Å²) in [6, 6.07) is 8.89. The summed E-state index contributed by atoms with van der Waals surface area (Å²) >= 11 is 1.61. The highest BCUT2D eigenvalue weighted by Gasteiger charge is 2.74. The molecule has 1 aromatic carbocycles. The van der Waals surface area contributed by atoms with Crippen LogP contribution in [0.1, 0.15) is 40.5 Å². The van der Waals surface area contributed by atoms with Crippen molar-refractivity contribution in [1.82, 2.24) is 9.80 Å². The molecule has 3 amide bonds. The number of aliphatic hydroxyl groups is 1. The highest BCUT2D eigenvalue weighted by molar-refractivity contribution is 8.02. The van der Waals surface area contributed by atoms with Crippen molar-refractivity contribution in [2.75, 3.05) is 31.1 Å². The number of hydrogen-bond donors (Lipinski definition) is 1. The SMILES string of the molecule is CC(C)(C)N1CC=C[C@]23S[C@@]4(C)C=CCN(c5ccccc5)C(=O)[C@H]4[C@H]2C(=O)N(CCCCO)C3C1=O. The number of unbranched alkanes of at least 4 members (excludes halogenated alkanes) is 1. The molecular weight excluding hydrogens is 486 g/mol. The van der Waals surface area contributed by atoms with Crippen LogP contribution >= 0.6 is 11.8 Å². The first-order chi connectivity index (χ1) is 17.5. The standard InChI is InChI=1S/C29H37N3O4S/c1-27(2,3)32-18-11-15-29-22(25(35)31(16-8-9-19-33)23(29)26(32)36)21-24(34)30(20-12-6-5-7-13-20)17-10-14-28(21,4)37-29/h5-7,10-15,21-23,33H,8-9,16-19H2,1-4H3/t21-,22+,23?,28+,29+/m1/s1. The second-order valence-corrected chi connectivity index (χ2v) is 13.5. The summed E-state index contributed by atoms with van der Waals surface area (Å²) in [5.41, 5.74) is 0.391. The minimum Gasteiger partial charge on any atom is -0.396 e. The van der Waals surface area contributed by atoms with Gasteiger partial charge >= 0.3 is 0 Å². The van der Waals surface area contributed by atoms with E-state index in [0.29, 0.717) is 32.5 Å². The Kier molecular flexibility index (Phi) is 6.55. The van der Waals surface area contributed by atoms with Crippen LogP contribution in [-0.2, 0) is 14.4 Å². The molecular formula is C29H37N3O4S. The number of anilines is 1. The van der Waals surface area contributed by atoms with Gasteiger partial charge in [-0.1, -0.05) is 42.5 Å². The molecule has 5 rings (SSSR count). The average Bonchev–Trinajstić information content (AvgIpc) is 3.10. The average molecular weight is 524 g/mol. The van der Waals surface area contributed by atoms with Crippen molar-refractivity contribution in [2.24, 2.45) is 11.8 Å². The number of amides is 3. The van der Waals surface area contributed by atoms with Gasteiger partial charge in [0.05, 0.1) is 16.6 Å². The number of hydrogen-bond acceptors (Lipinski definition) is 5. The lowest BCUT2D eigenvalue weighted by Gasteiger charge is -2.41. The maximum Gasteiger partial charge on any atom is 0.247 e. The maximum atomic E-state index is 14.3. The van der Waals surface area contributed by atoms with Crippen LogP contribution in [-0.4, -0.2) is 79.9 Å². The van der Waals surface area contributed by atoms with Gasteiger partial charge in [0, 0.05) is 42.2 Å². The third-order valence-corrected chi connectivity index (χ3v) is 10.0. The Labute approximate surface area is 223 Å². The van der Waals surface area contributed by atoms with Crippen molar-refractivity contribution in [1.29, 1.82) is 0 Å². The molecule has 7 nitrogen and oxygen atoms in total. The first-order valence-electron chi connectivity index (χ1n) is 13.2. The van der Waals surface area contributed by atoms with Gasteiger partial charge in [0.15, 0.2) is 0 Å². The normalized spacial score (nSPS) is 33.4. The van der Waals surface area contributed by atoms with Crippen molar-refractivity contribution in [3.8, 4) is 0 Å². The van der Waals surface area contributed by atoms with E-state index in [-0.39, 0.29) is 24.3 Å². The predicted octanol–water partition coefficient (Wildman–Crippen LogP) is 3.25. The molecule has 1 unspecified atom stereocenters. The summed E-state index contributed by atoms with van der Waals surface area (Å²) in [5, 5.41) is 9.38. The van der Waals surface area contributed by atoms with Gasteiger partial charge in [-0.15, -0.1) is 11.8 Å². The van der Waals surface area contributed by atoms with Crippen molar-refractivity contribution >= 4 is 35.2 Å². The zero-order chi connectivity index (χ0) is 26.6. The van der Waals surface area contributed by atoms with Crippen LogP contribution in [0.25, 0.3) is 0 Å². The van der Waals surface area contributed by atoms with E-state index in [1.54, 1.807) is 21.6 Å². The number of carbonyl (C=O) groups is 3. The summed E-state index contributed by atoms with van der Waals surface area (Å²) in [6.07, 6.45) is 9.35. The number of nitrogens with zero attached hydrogens (tertiary/aromatic N) is 3. The molecule has 0 saturated carbocycles. The molecule has 5 atom stereocenters. The number of benzene rings is 1. The summed E-state index contributed by atoms with van der Waals surface area (Å²) in [6.45, 7) is 9.41. The molecule has 0 bridgehead atoms. The Morgan fingerprint density at radius 1 is 0.946 bits per heavy atom. The number of fused-ring (bicyclic) bond motifs is 2. The van der Waals surface area contributed by atoms with Gasteiger partial charge < -0.3 is 19.8 Å². The smallest absolute Gasteiger partial charge is 0.247 e. The van der Waals surface area contributed by atoms with E-state index in [1.165, 1.54) is 0 Å². The topological polar surface area (TPSA) is 81.2 Å². The first-order valence-corrected chi connectivity index (χ1v) is 14.0. The fraction of sp³-hybridized carbons (Fsp3) is 0.552. The molecule has 2 fully saturated rings. The summed E-state index contributed by atoms with van der Waals surface area (Å²) < 4.78 is -1.47. The van der Waals surface area contributed by atoms with Gasteiger partial charge in [0.25, 0.3) is 0 Å². The van der Waals surface area contributed by atoms with E-state index in [1.807, 2.05) is 75.1 Å². The third-order valence-electron chi connectivity index (χ3n) is 8.24. The lowest BCUT2D eigenvalue weighted by Crippen LogP contribution is -2.57. The van der Waals surface area contributed by atoms with Crippen LogP contribution in [0, 0.1) is 11.8 Å². The molecule has 4 aliphatic heterocycles. The van der Waals surface area contributed by atoms with Gasteiger partial charge in [0.1, 0.15) is 6.04 Å². The highest BCUT2D eigenvalue weighted by atomic mass is 32.2. The van der Waals surface area contributed by atoms with Gasteiger partial charge in [-0.25, -0.2) is 0 Å².